The molecule has 0 heterocycles. The second-order valence-electron chi connectivity index (χ2n) is 5.84. The van der Waals surface area contributed by atoms with Crippen LogP contribution in [0.3, 0.4) is 0 Å². The van der Waals surface area contributed by atoms with Gasteiger partial charge in [-0.05, 0) is 42.5 Å². The average Bonchev–Trinajstić information content (AvgIpc) is 2.46. The highest BCUT2D eigenvalue weighted by molar-refractivity contribution is 5.44. The van der Waals surface area contributed by atoms with Crippen molar-refractivity contribution in [1.29, 1.82) is 0 Å². The molecule has 0 bridgehead atoms. The first-order valence-corrected chi connectivity index (χ1v) is 7.78. The van der Waals surface area contributed by atoms with E-state index >= 15 is 0 Å². The molecule has 0 spiro atoms. The smallest absolute Gasteiger partial charge is 0.115 e. The second kappa shape index (κ2) is 6.15. The maximum Gasteiger partial charge on any atom is 0.115 e. The van der Waals surface area contributed by atoms with Gasteiger partial charge in [0.2, 0.25) is 0 Å². The Hall–Kier alpha value is -1.06. The number of aromatic hydroxyl groups is 1. The summed E-state index contributed by atoms with van der Waals surface area (Å²) in [5.41, 5.74) is 8.97. The minimum Gasteiger partial charge on any atom is -0.508 e. The van der Waals surface area contributed by atoms with Gasteiger partial charge in [0.25, 0.3) is 0 Å². The van der Waals surface area contributed by atoms with Gasteiger partial charge >= 0.3 is 0 Å². The van der Waals surface area contributed by atoms with Crippen molar-refractivity contribution < 1.29 is 9.84 Å². The van der Waals surface area contributed by atoms with Crippen molar-refractivity contribution in [2.45, 2.75) is 64.0 Å². The van der Waals surface area contributed by atoms with E-state index in [0.29, 0.717) is 5.75 Å². The van der Waals surface area contributed by atoms with Crippen LogP contribution in [0.2, 0.25) is 0 Å². The van der Waals surface area contributed by atoms with Crippen LogP contribution in [0.15, 0.2) is 18.2 Å². The Morgan fingerprint density at radius 2 is 2.00 bits per heavy atom. The molecule has 112 valence electrons. The molecule has 20 heavy (non-hydrogen) atoms. The molecule has 2 unspecified atom stereocenters. The molecule has 0 fully saturated rings. The fraction of sp³-hybridized carbons (Fsp3) is 0.647. The molecule has 3 heteroatoms. The molecule has 3 N–H and O–H groups in total. The summed E-state index contributed by atoms with van der Waals surface area (Å²) in [5, 5.41) is 9.83. The number of hydrogen-bond acceptors (Lipinski definition) is 3. The van der Waals surface area contributed by atoms with E-state index in [1.54, 1.807) is 6.07 Å². The van der Waals surface area contributed by atoms with Crippen molar-refractivity contribution in [3.05, 3.63) is 29.3 Å². The fourth-order valence-corrected chi connectivity index (χ4v) is 3.62. The molecular formula is C17H27NO2. The molecule has 2 rings (SSSR count). The first kappa shape index (κ1) is 15.3. The molecule has 0 saturated carbocycles. The van der Waals surface area contributed by atoms with Crippen molar-refractivity contribution in [3.8, 4) is 5.75 Å². The van der Waals surface area contributed by atoms with E-state index in [1.165, 1.54) is 11.1 Å². The largest absolute Gasteiger partial charge is 0.508 e. The molecule has 0 aromatic heterocycles. The Morgan fingerprint density at radius 1 is 1.30 bits per heavy atom. The topological polar surface area (TPSA) is 55.5 Å². The number of fused-ring (bicyclic) bond motifs is 1. The molecule has 1 aromatic rings. The first-order valence-electron chi connectivity index (χ1n) is 7.78. The summed E-state index contributed by atoms with van der Waals surface area (Å²) < 4.78 is 6.00. The van der Waals surface area contributed by atoms with Gasteiger partial charge in [0.15, 0.2) is 0 Å². The van der Waals surface area contributed by atoms with Gasteiger partial charge in [0, 0.05) is 24.5 Å². The number of phenolic OH excluding ortho intramolecular Hbond substituents is 1. The Kier molecular flexibility index (Phi) is 4.71. The standard InChI is InChI=1S/C17H27NO2/c1-4-9-20-15-10-12-7-8-13(19)11-14(12)17(5-2,6-3)16(15)18/h7-8,11,15-16,19H,4-6,9-10,18H2,1-3H3. The van der Waals surface area contributed by atoms with Gasteiger partial charge in [0.05, 0.1) is 6.10 Å². The Balaban J connectivity index is 2.45. The van der Waals surface area contributed by atoms with E-state index in [0.717, 1.165) is 32.3 Å². The number of hydrogen-bond donors (Lipinski definition) is 2. The van der Waals surface area contributed by atoms with Crippen molar-refractivity contribution in [2.24, 2.45) is 5.73 Å². The van der Waals surface area contributed by atoms with Crippen molar-refractivity contribution >= 4 is 0 Å². The van der Waals surface area contributed by atoms with Crippen molar-refractivity contribution in [3.63, 3.8) is 0 Å². The second-order valence-corrected chi connectivity index (χ2v) is 5.84. The van der Waals surface area contributed by atoms with Crippen LogP contribution < -0.4 is 5.73 Å². The normalized spacial score (nSPS) is 24.4. The summed E-state index contributed by atoms with van der Waals surface area (Å²) in [6.45, 7) is 7.24. The highest BCUT2D eigenvalue weighted by atomic mass is 16.5. The minimum atomic E-state index is -0.0925. The Labute approximate surface area is 122 Å². The molecule has 1 aromatic carbocycles. The van der Waals surface area contributed by atoms with Gasteiger partial charge in [-0.3, -0.25) is 0 Å². The maximum absolute atomic E-state index is 9.83. The molecule has 0 saturated heterocycles. The zero-order valence-electron chi connectivity index (χ0n) is 12.9. The third-order valence-corrected chi connectivity index (χ3v) is 4.89. The summed E-state index contributed by atoms with van der Waals surface area (Å²) in [7, 11) is 0. The van der Waals surface area contributed by atoms with E-state index in [4.69, 9.17) is 10.5 Å². The van der Waals surface area contributed by atoms with Crippen LogP contribution in [-0.2, 0) is 16.6 Å². The summed E-state index contributed by atoms with van der Waals surface area (Å²) in [6.07, 6.45) is 3.86. The molecule has 1 aliphatic rings. The van der Waals surface area contributed by atoms with Crippen LogP contribution in [0.4, 0.5) is 0 Å². The van der Waals surface area contributed by atoms with Crippen molar-refractivity contribution in [1.82, 2.24) is 0 Å². The lowest BCUT2D eigenvalue weighted by molar-refractivity contribution is 0.00534. The van der Waals surface area contributed by atoms with Gasteiger partial charge < -0.3 is 15.6 Å². The van der Waals surface area contributed by atoms with Crippen LogP contribution in [0.5, 0.6) is 5.75 Å². The predicted octanol–water partition coefficient (Wildman–Crippen LogP) is 3.13. The summed E-state index contributed by atoms with van der Waals surface area (Å²) in [5.74, 6) is 0.329. The molecule has 1 aliphatic carbocycles. The third-order valence-electron chi connectivity index (χ3n) is 4.89. The molecular weight excluding hydrogens is 250 g/mol. The highest BCUT2D eigenvalue weighted by Gasteiger charge is 2.45. The number of nitrogens with two attached hydrogens (primary N) is 1. The van der Waals surface area contributed by atoms with Crippen LogP contribution in [-0.4, -0.2) is 23.9 Å². The van der Waals surface area contributed by atoms with Crippen LogP contribution in [0.1, 0.15) is 51.2 Å². The predicted molar refractivity (Wildman–Crippen MR) is 82.1 cm³/mol. The SMILES string of the molecule is CCCOC1Cc2ccc(O)cc2C(CC)(CC)C1N. The van der Waals surface area contributed by atoms with E-state index in [-0.39, 0.29) is 17.6 Å². The van der Waals surface area contributed by atoms with E-state index in [9.17, 15) is 5.11 Å². The van der Waals surface area contributed by atoms with Crippen molar-refractivity contribution in [2.75, 3.05) is 6.61 Å². The van der Waals surface area contributed by atoms with E-state index in [1.807, 2.05) is 12.1 Å². The lowest BCUT2D eigenvalue weighted by atomic mass is 9.63. The Morgan fingerprint density at radius 3 is 2.60 bits per heavy atom. The van der Waals surface area contributed by atoms with Gasteiger partial charge in [-0.1, -0.05) is 26.8 Å². The number of phenols is 1. The van der Waals surface area contributed by atoms with Crippen LogP contribution in [0, 0.1) is 0 Å². The number of benzene rings is 1. The summed E-state index contributed by atoms with van der Waals surface area (Å²) >= 11 is 0. The maximum atomic E-state index is 9.83. The van der Waals surface area contributed by atoms with Crippen LogP contribution >= 0.6 is 0 Å². The highest BCUT2D eigenvalue weighted by Crippen LogP contribution is 2.43. The average molecular weight is 277 g/mol. The van der Waals surface area contributed by atoms with Gasteiger partial charge in [0.1, 0.15) is 5.75 Å². The zero-order valence-corrected chi connectivity index (χ0v) is 12.9. The lowest BCUT2D eigenvalue weighted by Gasteiger charge is -2.47. The van der Waals surface area contributed by atoms with E-state index in [2.05, 4.69) is 20.8 Å². The first-order chi connectivity index (χ1) is 9.58. The molecule has 0 amide bonds. The minimum absolute atomic E-state index is 0.0154. The molecule has 0 aliphatic heterocycles. The van der Waals surface area contributed by atoms with E-state index < -0.39 is 0 Å². The quantitative estimate of drug-likeness (QED) is 0.869. The molecule has 0 radical (unpaired) electrons. The molecule has 3 nitrogen and oxygen atoms in total. The number of rotatable bonds is 5. The zero-order chi connectivity index (χ0) is 14.8. The van der Waals surface area contributed by atoms with Gasteiger partial charge in [-0.2, -0.15) is 0 Å². The van der Waals surface area contributed by atoms with Gasteiger partial charge in [-0.25, -0.2) is 0 Å². The van der Waals surface area contributed by atoms with Gasteiger partial charge in [-0.15, -0.1) is 0 Å². The Bertz CT molecular complexity index is 454. The fourth-order valence-electron chi connectivity index (χ4n) is 3.62. The van der Waals surface area contributed by atoms with Crippen LogP contribution in [0.25, 0.3) is 0 Å². The third kappa shape index (κ3) is 2.45. The summed E-state index contributed by atoms with van der Waals surface area (Å²) in [6, 6.07) is 5.68. The molecule has 2 atom stereocenters. The lowest BCUT2D eigenvalue weighted by Crippen LogP contribution is -2.56. The number of ether oxygens (including phenoxy) is 1. The monoisotopic (exact) mass is 277 g/mol. The summed E-state index contributed by atoms with van der Waals surface area (Å²) in [4.78, 5) is 0.